The van der Waals surface area contributed by atoms with Crippen molar-refractivity contribution >= 4 is 11.7 Å². The SMILES string of the molecule is CCN(c1ccccc1)[C@@H](O)C(=O)O. The Morgan fingerprint density at radius 2 is 2.00 bits per heavy atom. The largest absolute Gasteiger partial charge is 0.478 e. The summed E-state index contributed by atoms with van der Waals surface area (Å²) in [5.74, 6) is -1.24. The molecule has 4 nitrogen and oxygen atoms in total. The highest BCUT2D eigenvalue weighted by Crippen LogP contribution is 2.14. The van der Waals surface area contributed by atoms with E-state index in [4.69, 9.17) is 5.11 Å². The fraction of sp³-hybridized carbons (Fsp3) is 0.300. The van der Waals surface area contributed by atoms with E-state index in [-0.39, 0.29) is 0 Å². The van der Waals surface area contributed by atoms with Crippen LogP contribution < -0.4 is 4.90 Å². The molecule has 0 fully saturated rings. The van der Waals surface area contributed by atoms with E-state index in [1.165, 1.54) is 4.90 Å². The Bertz CT molecular complexity index is 299. The smallest absolute Gasteiger partial charge is 0.354 e. The second kappa shape index (κ2) is 4.62. The Balaban J connectivity index is 2.87. The highest BCUT2D eigenvalue weighted by Gasteiger charge is 2.20. The van der Waals surface area contributed by atoms with E-state index >= 15 is 0 Å². The van der Waals surface area contributed by atoms with Crippen molar-refractivity contribution in [2.45, 2.75) is 13.2 Å². The van der Waals surface area contributed by atoms with E-state index < -0.39 is 12.2 Å². The molecule has 0 heterocycles. The molecule has 0 aliphatic carbocycles. The summed E-state index contributed by atoms with van der Waals surface area (Å²) in [5.41, 5.74) is 0.699. The second-order valence-electron chi connectivity index (χ2n) is 2.83. The lowest BCUT2D eigenvalue weighted by atomic mass is 10.3. The Labute approximate surface area is 82.4 Å². The van der Waals surface area contributed by atoms with E-state index in [1.807, 2.05) is 6.07 Å². The van der Waals surface area contributed by atoms with Gasteiger partial charge in [0, 0.05) is 12.2 Å². The van der Waals surface area contributed by atoms with Gasteiger partial charge in [0.05, 0.1) is 0 Å². The molecule has 0 radical (unpaired) electrons. The van der Waals surface area contributed by atoms with Crippen molar-refractivity contribution in [3.63, 3.8) is 0 Å². The van der Waals surface area contributed by atoms with Gasteiger partial charge >= 0.3 is 5.97 Å². The third-order valence-corrected chi connectivity index (χ3v) is 1.94. The van der Waals surface area contributed by atoms with E-state index in [2.05, 4.69) is 0 Å². The average Bonchev–Trinajstić information content (AvgIpc) is 2.20. The summed E-state index contributed by atoms with van der Waals surface area (Å²) in [6.45, 7) is 2.23. The Morgan fingerprint density at radius 3 is 2.43 bits per heavy atom. The minimum Gasteiger partial charge on any atom is -0.478 e. The molecule has 0 saturated heterocycles. The van der Waals surface area contributed by atoms with Crippen molar-refractivity contribution < 1.29 is 15.0 Å². The molecule has 1 aromatic carbocycles. The van der Waals surface area contributed by atoms with Crippen LogP contribution in [0.1, 0.15) is 6.92 Å². The summed E-state index contributed by atoms with van der Waals surface area (Å²) < 4.78 is 0. The third kappa shape index (κ3) is 2.23. The molecule has 14 heavy (non-hydrogen) atoms. The molecule has 0 aliphatic heterocycles. The van der Waals surface area contributed by atoms with Crippen LogP contribution in [0.5, 0.6) is 0 Å². The van der Waals surface area contributed by atoms with Crippen LogP contribution in [-0.2, 0) is 4.79 Å². The number of carboxylic acid groups (broad SMARTS) is 1. The molecular weight excluding hydrogens is 182 g/mol. The van der Waals surface area contributed by atoms with Gasteiger partial charge in [-0.1, -0.05) is 18.2 Å². The monoisotopic (exact) mass is 195 g/mol. The fourth-order valence-corrected chi connectivity index (χ4v) is 1.25. The van der Waals surface area contributed by atoms with Crippen molar-refractivity contribution in [3.05, 3.63) is 30.3 Å². The first-order valence-electron chi connectivity index (χ1n) is 4.39. The van der Waals surface area contributed by atoms with Gasteiger partial charge in [0.2, 0.25) is 6.23 Å². The zero-order valence-electron chi connectivity index (χ0n) is 7.92. The van der Waals surface area contributed by atoms with Crippen LogP contribution >= 0.6 is 0 Å². The summed E-state index contributed by atoms with van der Waals surface area (Å²) in [6, 6.07) is 8.95. The Morgan fingerprint density at radius 1 is 1.43 bits per heavy atom. The second-order valence-corrected chi connectivity index (χ2v) is 2.83. The predicted molar refractivity (Wildman–Crippen MR) is 53.1 cm³/mol. The number of hydrogen-bond donors (Lipinski definition) is 2. The molecule has 2 N–H and O–H groups in total. The van der Waals surface area contributed by atoms with Crippen molar-refractivity contribution in [1.29, 1.82) is 0 Å². The number of rotatable bonds is 4. The van der Waals surface area contributed by atoms with E-state index in [0.717, 1.165) is 0 Å². The van der Waals surface area contributed by atoms with Gasteiger partial charge in [-0.05, 0) is 19.1 Å². The minimum atomic E-state index is -1.48. The van der Waals surface area contributed by atoms with Crippen LogP contribution in [0.3, 0.4) is 0 Å². The van der Waals surface area contributed by atoms with Crippen LogP contribution in [0.4, 0.5) is 5.69 Å². The highest BCUT2D eigenvalue weighted by atomic mass is 16.4. The van der Waals surface area contributed by atoms with Crippen molar-refractivity contribution in [2.75, 3.05) is 11.4 Å². The maximum atomic E-state index is 10.6. The average molecular weight is 195 g/mol. The molecule has 0 aromatic heterocycles. The predicted octanol–water partition coefficient (Wildman–Crippen LogP) is 0.916. The van der Waals surface area contributed by atoms with Gasteiger partial charge in [-0.2, -0.15) is 0 Å². The standard InChI is InChI=1S/C10H13NO3/c1-2-11(9(12)10(13)14)8-6-4-3-5-7-8/h3-7,9,12H,2H2,1H3,(H,13,14)/t9-/m0/s1. The molecule has 1 aromatic rings. The van der Waals surface area contributed by atoms with Crippen LogP contribution in [-0.4, -0.2) is 29.0 Å². The van der Waals surface area contributed by atoms with Gasteiger partial charge < -0.3 is 15.1 Å². The number of aliphatic hydroxyl groups excluding tert-OH is 1. The van der Waals surface area contributed by atoms with Gasteiger partial charge in [-0.25, -0.2) is 4.79 Å². The molecule has 0 amide bonds. The maximum Gasteiger partial charge on any atom is 0.354 e. The molecule has 1 rings (SSSR count). The van der Waals surface area contributed by atoms with Crippen LogP contribution in [0.2, 0.25) is 0 Å². The lowest BCUT2D eigenvalue weighted by molar-refractivity contribution is -0.146. The molecular formula is C10H13NO3. The number of likely N-dealkylation sites (N-methyl/N-ethyl adjacent to an activating group) is 1. The van der Waals surface area contributed by atoms with Crippen LogP contribution in [0.25, 0.3) is 0 Å². The zero-order valence-corrected chi connectivity index (χ0v) is 7.92. The quantitative estimate of drug-likeness (QED) is 0.701. The number of aliphatic carboxylic acids is 1. The maximum absolute atomic E-state index is 10.6. The molecule has 76 valence electrons. The van der Waals surface area contributed by atoms with Crippen LogP contribution in [0.15, 0.2) is 30.3 Å². The van der Waals surface area contributed by atoms with Crippen molar-refractivity contribution in [3.8, 4) is 0 Å². The Kier molecular flexibility index (Phi) is 3.48. The third-order valence-electron chi connectivity index (χ3n) is 1.94. The molecule has 4 heteroatoms. The number of anilines is 1. The van der Waals surface area contributed by atoms with Gasteiger partial charge in [-0.15, -0.1) is 0 Å². The topological polar surface area (TPSA) is 60.8 Å². The lowest BCUT2D eigenvalue weighted by Gasteiger charge is -2.25. The lowest BCUT2D eigenvalue weighted by Crippen LogP contribution is -2.41. The molecule has 0 saturated carbocycles. The highest BCUT2D eigenvalue weighted by molar-refractivity contribution is 5.76. The zero-order chi connectivity index (χ0) is 10.6. The number of carboxylic acids is 1. The molecule has 0 unspecified atom stereocenters. The number of benzene rings is 1. The van der Waals surface area contributed by atoms with Gasteiger partial charge in [0.1, 0.15) is 0 Å². The van der Waals surface area contributed by atoms with E-state index in [9.17, 15) is 9.90 Å². The molecule has 1 atom stereocenters. The number of hydrogen-bond acceptors (Lipinski definition) is 3. The number of aliphatic hydroxyl groups is 1. The first kappa shape index (κ1) is 10.5. The normalized spacial score (nSPS) is 12.1. The summed E-state index contributed by atoms with van der Waals surface area (Å²) in [5, 5.41) is 18.0. The Hall–Kier alpha value is -1.55. The summed E-state index contributed by atoms with van der Waals surface area (Å²) in [4.78, 5) is 12.0. The summed E-state index contributed by atoms with van der Waals surface area (Å²) in [6.07, 6.45) is -1.48. The minimum absolute atomic E-state index is 0.442. The van der Waals surface area contributed by atoms with Crippen molar-refractivity contribution in [2.24, 2.45) is 0 Å². The summed E-state index contributed by atoms with van der Waals surface area (Å²) in [7, 11) is 0. The van der Waals surface area contributed by atoms with Gasteiger partial charge in [-0.3, -0.25) is 0 Å². The van der Waals surface area contributed by atoms with E-state index in [1.54, 1.807) is 31.2 Å². The molecule has 0 spiro atoms. The molecule has 0 bridgehead atoms. The van der Waals surface area contributed by atoms with Crippen LogP contribution in [0, 0.1) is 0 Å². The first-order chi connectivity index (χ1) is 6.66. The first-order valence-corrected chi connectivity index (χ1v) is 4.39. The van der Waals surface area contributed by atoms with E-state index in [0.29, 0.717) is 12.2 Å². The number of carbonyl (C=O) groups is 1. The van der Waals surface area contributed by atoms with Gasteiger partial charge in [0.25, 0.3) is 0 Å². The number of para-hydroxylation sites is 1. The fourth-order valence-electron chi connectivity index (χ4n) is 1.25. The van der Waals surface area contributed by atoms with Gasteiger partial charge in [0.15, 0.2) is 0 Å². The van der Waals surface area contributed by atoms with Crippen molar-refractivity contribution in [1.82, 2.24) is 0 Å². The summed E-state index contributed by atoms with van der Waals surface area (Å²) >= 11 is 0. The number of nitrogens with zero attached hydrogens (tertiary/aromatic N) is 1. The molecule has 0 aliphatic rings.